The highest BCUT2D eigenvalue weighted by Crippen LogP contribution is 2.20. The van der Waals surface area contributed by atoms with Gasteiger partial charge in [-0.1, -0.05) is 28.9 Å². The molecule has 9 heteroatoms. The van der Waals surface area contributed by atoms with E-state index in [9.17, 15) is 0 Å². The fourth-order valence-electron chi connectivity index (χ4n) is 3.81. The molecule has 0 spiro atoms. The number of anilines is 1. The highest BCUT2D eigenvalue weighted by atomic mass is 127. The molecule has 0 radical (unpaired) electrons. The van der Waals surface area contributed by atoms with E-state index in [1.54, 1.807) is 6.20 Å². The van der Waals surface area contributed by atoms with Crippen LogP contribution in [0.4, 0.5) is 5.69 Å². The van der Waals surface area contributed by atoms with Crippen LogP contribution in [0.1, 0.15) is 31.2 Å². The number of nitrogens with one attached hydrogen (secondary N) is 2. The molecule has 0 saturated carbocycles. The normalized spacial score (nSPS) is 16.2. The minimum atomic E-state index is 0. The third-order valence-corrected chi connectivity index (χ3v) is 5.46. The lowest BCUT2D eigenvalue weighted by molar-refractivity contribution is 0.421. The van der Waals surface area contributed by atoms with Crippen LogP contribution in [0.2, 0.25) is 0 Å². The van der Waals surface area contributed by atoms with Crippen molar-refractivity contribution in [2.75, 3.05) is 31.1 Å². The zero-order valence-electron chi connectivity index (χ0n) is 19.2. The minimum absolute atomic E-state index is 0. The number of aromatic nitrogens is 3. The highest BCUT2D eigenvalue weighted by Gasteiger charge is 2.21. The summed E-state index contributed by atoms with van der Waals surface area (Å²) in [7, 11) is 0. The van der Waals surface area contributed by atoms with E-state index in [0.717, 1.165) is 38.4 Å². The Morgan fingerprint density at radius 1 is 1.21 bits per heavy atom. The fourth-order valence-corrected chi connectivity index (χ4v) is 3.81. The van der Waals surface area contributed by atoms with Crippen LogP contribution < -0.4 is 15.5 Å². The van der Waals surface area contributed by atoms with Crippen molar-refractivity contribution in [3.05, 3.63) is 60.0 Å². The highest BCUT2D eigenvalue weighted by molar-refractivity contribution is 14.0. The number of aliphatic imine (C=N–C) groups is 1. The Hall–Kier alpha value is -2.69. The summed E-state index contributed by atoms with van der Waals surface area (Å²) < 4.78 is 5.33. The molecule has 1 saturated heterocycles. The van der Waals surface area contributed by atoms with Gasteiger partial charge in [0.1, 0.15) is 5.69 Å². The number of piperidine rings is 1. The SMILES string of the molecule is CCNC(=NCCc1noc(-c2ccccn2)n1)NC1CCCN(c2ccc(C)cc2)C1.I. The van der Waals surface area contributed by atoms with Gasteiger partial charge in [-0.05, 0) is 51.0 Å². The van der Waals surface area contributed by atoms with Crippen molar-refractivity contribution >= 4 is 35.6 Å². The molecule has 0 aliphatic carbocycles. The predicted octanol–water partition coefficient (Wildman–Crippen LogP) is 3.82. The number of pyridine rings is 1. The molecule has 1 atom stereocenters. The Balaban J connectivity index is 0.00000306. The van der Waals surface area contributed by atoms with Gasteiger partial charge in [0.05, 0.1) is 0 Å². The first-order valence-corrected chi connectivity index (χ1v) is 11.3. The molecule has 1 aliphatic heterocycles. The molecule has 3 heterocycles. The lowest BCUT2D eigenvalue weighted by Gasteiger charge is -2.35. The van der Waals surface area contributed by atoms with Gasteiger partial charge < -0.3 is 20.1 Å². The first kappa shape index (κ1) is 24.9. The van der Waals surface area contributed by atoms with Crippen LogP contribution in [-0.2, 0) is 6.42 Å². The molecule has 3 aromatic rings. The minimum Gasteiger partial charge on any atom is -0.369 e. The standard InChI is InChI=1S/C24H31N7O.HI/c1-3-25-24(27-15-13-22-29-23(32-30-22)21-8-4-5-14-26-21)28-19-7-6-16-31(17-19)20-11-9-18(2)10-12-20;/h4-5,8-12,14,19H,3,6-7,13,15-17H2,1-2H3,(H2,25,27,28);1H. The summed E-state index contributed by atoms with van der Waals surface area (Å²) in [5.41, 5.74) is 3.25. The molecule has 2 aromatic heterocycles. The van der Waals surface area contributed by atoms with Gasteiger partial charge in [-0.3, -0.25) is 9.98 Å². The van der Waals surface area contributed by atoms with Crippen LogP contribution in [0.3, 0.4) is 0 Å². The number of rotatable bonds is 7. The van der Waals surface area contributed by atoms with Crippen LogP contribution >= 0.6 is 24.0 Å². The van der Waals surface area contributed by atoms with E-state index in [2.05, 4.69) is 68.8 Å². The van der Waals surface area contributed by atoms with Crippen molar-refractivity contribution in [1.82, 2.24) is 25.8 Å². The number of benzene rings is 1. The van der Waals surface area contributed by atoms with Gasteiger partial charge >= 0.3 is 0 Å². The van der Waals surface area contributed by atoms with Crippen LogP contribution in [0.25, 0.3) is 11.6 Å². The molecule has 4 rings (SSSR count). The first-order chi connectivity index (χ1) is 15.7. The van der Waals surface area contributed by atoms with Gasteiger partial charge in [0.25, 0.3) is 5.89 Å². The third-order valence-electron chi connectivity index (χ3n) is 5.46. The number of hydrogen-bond donors (Lipinski definition) is 2. The number of hydrogen-bond acceptors (Lipinski definition) is 6. The molecule has 33 heavy (non-hydrogen) atoms. The molecule has 0 amide bonds. The van der Waals surface area contributed by atoms with E-state index in [0.29, 0.717) is 36.4 Å². The zero-order valence-corrected chi connectivity index (χ0v) is 21.5. The van der Waals surface area contributed by atoms with Crippen LogP contribution in [-0.4, -0.2) is 53.3 Å². The van der Waals surface area contributed by atoms with Crippen LogP contribution in [0, 0.1) is 6.92 Å². The molecule has 2 N–H and O–H groups in total. The smallest absolute Gasteiger partial charge is 0.276 e. The maximum Gasteiger partial charge on any atom is 0.276 e. The summed E-state index contributed by atoms with van der Waals surface area (Å²) in [6.07, 6.45) is 4.60. The van der Waals surface area contributed by atoms with Gasteiger partial charge in [-0.2, -0.15) is 4.98 Å². The van der Waals surface area contributed by atoms with Crippen molar-refractivity contribution in [2.45, 2.75) is 39.2 Å². The van der Waals surface area contributed by atoms with Crippen molar-refractivity contribution in [3.63, 3.8) is 0 Å². The predicted molar refractivity (Wildman–Crippen MR) is 142 cm³/mol. The number of nitrogens with zero attached hydrogens (tertiary/aromatic N) is 5. The third kappa shape index (κ3) is 7.15. The molecular formula is C24H32IN7O. The zero-order chi connectivity index (χ0) is 22.2. The van der Waals surface area contributed by atoms with Crippen molar-refractivity contribution in [3.8, 4) is 11.6 Å². The van der Waals surface area contributed by atoms with Gasteiger partial charge in [-0.15, -0.1) is 24.0 Å². The Labute approximate surface area is 212 Å². The van der Waals surface area contributed by atoms with Crippen molar-refractivity contribution < 1.29 is 4.52 Å². The topological polar surface area (TPSA) is 91.5 Å². The molecule has 1 unspecified atom stereocenters. The molecule has 1 aromatic carbocycles. The number of guanidine groups is 1. The number of halogens is 1. The Morgan fingerprint density at radius 2 is 2.06 bits per heavy atom. The second-order valence-corrected chi connectivity index (χ2v) is 8.01. The summed E-state index contributed by atoms with van der Waals surface area (Å²) in [6.45, 7) is 7.64. The van der Waals surface area contributed by atoms with E-state index >= 15 is 0 Å². The molecular weight excluding hydrogens is 529 g/mol. The second-order valence-electron chi connectivity index (χ2n) is 8.01. The lowest BCUT2D eigenvalue weighted by Crippen LogP contribution is -2.51. The van der Waals surface area contributed by atoms with E-state index in [1.165, 1.54) is 11.3 Å². The molecule has 1 aliphatic rings. The fraction of sp³-hybridized carbons (Fsp3) is 0.417. The van der Waals surface area contributed by atoms with E-state index < -0.39 is 0 Å². The summed E-state index contributed by atoms with van der Waals surface area (Å²) >= 11 is 0. The van der Waals surface area contributed by atoms with Gasteiger partial charge in [0.2, 0.25) is 0 Å². The summed E-state index contributed by atoms with van der Waals surface area (Å²) in [4.78, 5) is 15.9. The van der Waals surface area contributed by atoms with Crippen molar-refractivity contribution in [2.24, 2.45) is 4.99 Å². The quantitative estimate of drug-likeness (QED) is 0.258. The van der Waals surface area contributed by atoms with E-state index in [1.807, 2.05) is 18.2 Å². The van der Waals surface area contributed by atoms with Crippen LogP contribution in [0.5, 0.6) is 0 Å². The first-order valence-electron chi connectivity index (χ1n) is 11.3. The van der Waals surface area contributed by atoms with Crippen molar-refractivity contribution in [1.29, 1.82) is 0 Å². The van der Waals surface area contributed by atoms with Gasteiger partial charge in [0, 0.05) is 50.5 Å². The van der Waals surface area contributed by atoms with E-state index in [-0.39, 0.29) is 24.0 Å². The maximum absolute atomic E-state index is 5.33. The second kappa shape index (κ2) is 12.5. The molecule has 176 valence electrons. The Kier molecular flexibility index (Phi) is 9.47. The Morgan fingerprint density at radius 3 is 2.82 bits per heavy atom. The van der Waals surface area contributed by atoms with Gasteiger partial charge in [0.15, 0.2) is 11.8 Å². The number of aryl methyl sites for hydroxylation is 1. The van der Waals surface area contributed by atoms with E-state index in [4.69, 9.17) is 9.52 Å². The summed E-state index contributed by atoms with van der Waals surface area (Å²) in [5.74, 6) is 1.90. The molecule has 1 fully saturated rings. The largest absolute Gasteiger partial charge is 0.369 e. The monoisotopic (exact) mass is 561 g/mol. The average Bonchev–Trinajstić information content (AvgIpc) is 3.29. The van der Waals surface area contributed by atoms with Gasteiger partial charge in [-0.25, -0.2) is 0 Å². The Bertz CT molecular complexity index is 1010. The molecule has 0 bridgehead atoms. The summed E-state index contributed by atoms with van der Waals surface area (Å²) in [6, 6.07) is 14.7. The van der Waals surface area contributed by atoms with Crippen LogP contribution in [0.15, 0.2) is 58.2 Å². The summed E-state index contributed by atoms with van der Waals surface area (Å²) in [5, 5.41) is 11.0. The average molecular weight is 561 g/mol. The lowest BCUT2D eigenvalue weighted by atomic mass is 10.0. The maximum atomic E-state index is 5.33. The molecule has 8 nitrogen and oxygen atoms in total.